The number of hydrogen-bond donors (Lipinski definition) is 1. The minimum Gasteiger partial charge on any atom is -0.508 e. The number of phenols is 1. The van der Waals surface area contributed by atoms with E-state index in [0.717, 1.165) is 11.0 Å². The minimum absolute atomic E-state index is 0.0820. The van der Waals surface area contributed by atoms with Crippen LogP contribution in [-0.4, -0.2) is 18.2 Å². The molecule has 0 amide bonds. The lowest BCUT2D eigenvalue weighted by Crippen LogP contribution is -2.31. The summed E-state index contributed by atoms with van der Waals surface area (Å²) in [7, 11) is 3.50. The Balaban J connectivity index is 2.03. The monoisotopic (exact) mass is 360 g/mol. The molecule has 0 bridgehead atoms. The summed E-state index contributed by atoms with van der Waals surface area (Å²) in [5.74, 6) is 0.685. The smallest absolute Gasteiger partial charge is 0.345 e. The molecule has 5 heteroatoms. The van der Waals surface area contributed by atoms with Gasteiger partial charge >= 0.3 is 5.97 Å². The maximum atomic E-state index is 13.1. The van der Waals surface area contributed by atoms with Gasteiger partial charge in [-0.2, -0.15) is 4.57 Å². The molecule has 1 heterocycles. The van der Waals surface area contributed by atoms with Gasteiger partial charge in [0.2, 0.25) is 11.0 Å². The van der Waals surface area contributed by atoms with Gasteiger partial charge in [-0.1, -0.05) is 18.2 Å². The van der Waals surface area contributed by atoms with E-state index in [1.807, 2.05) is 29.8 Å². The average Bonchev–Trinajstić information content (AvgIpc) is 2.68. The Kier molecular flexibility index (Phi) is 4.12. The Morgan fingerprint density at radius 1 is 0.889 bits per heavy atom. The number of pyridine rings is 1. The number of hydrogen-bond acceptors (Lipinski definition) is 4. The Morgan fingerprint density at radius 3 is 2.26 bits per heavy atom. The maximum absolute atomic E-state index is 13.1. The number of phenolic OH excluding ortho intramolecular Hbond substituents is 1. The molecule has 4 rings (SSSR count). The largest absolute Gasteiger partial charge is 0.508 e. The van der Waals surface area contributed by atoms with Gasteiger partial charge in [0.15, 0.2) is 0 Å². The van der Waals surface area contributed by atoms with Crippen molar-refractivity contribution in [3.05, 3.63) is 72.3 Å². The molecule has 0 atom stereocenters. The lowest BCUT2D eigenvalue weighted by molar-refractivity contribution is -0.617. The van der Waals surface area contributed by atoms with E-state index in [1.54, 1.807) is 55.6 Å². The summed E-state index contributed by atoms with van der Waals surface area (Å²) in [5.41, 5.74) is 2.05. The van der Waals surface area contributed by atoms with Crippen LogP contribution in [0.1, 0.15) is 10.4 Å². The van der Waals surface area contributed by atoms with Crippen LogP contribution in [-0.2, 0) is 7.05 Å². The van der Waals surface area contributed by atoms with Crippen LogP contribution >= 0.6 is 0 Å². The molecule has 3 aromatic carbocycles. The van der Waals surface area contributed by atoms with Crippen molar-refractivity contribution in [1.82, 2.24) is 0 Å². The summed E-state index contributed by atoms with van der Waals surface area (Å²) in [6.07, 6.45) is 0. The first-order chi connectivity index (χ1) is 13.1. The number of ether oxygens (including phenoxy) is 2. The van der Waals surface area contributed by atoms with E-state index in [1.165, 1.54) is 0 Å². The van der Waals surface area contributed by atoms with E-state index in [0.29, 0.717) is 27.8 Å². The van der Waals surface area contributed by atoms with Crippen molar-refractivity contribution in [1.29, 1.82) is 0 Å². The van der Waals surface area contributed by atoms with Gasteiger partial charge in [-0.3, -0.25) is 0 Å². The quantitative estimate of drug-likeness (QED) is 0.262. The van der Waals surface area contributed by atoms with Crippen molar-refractivity contribution >= 4 is 27.8 Å². The first-order valence-corrected chi connectivity index (χ1v) is 8.48. The fraction of sp³-hybridized carbons (Fsp3) is 0.0909. The van der Waals surface area contributed by atoms with Crippen LogP contribution in [0.5, 0.6) is 17.2 Å². The van der Waals surface area contributed by atoms with Crippen molar-refractivity contribution in [3.8, 4) is 17.2 Å². The molecule has 0 aliphatic heterocycles. The molecule has 4 aromatic rings. The van der Waals surface area contributed by atoms with E-state index in [2.05, 4.69) is 0 Å². The van der Waals surface area contributed by atoms with Crippen LogP contribution in [0.2, 0.25) is 0 Å². The lowest BCUT2D eigenvalue weighted by Gasteiger charge is -2.11. The summed E-state index contributed by atoms with van der Waals surface area (Å²) >= 11 is 0. The molecule has 0 aliphatic rings. The zero-order valence-electron chi connectivity index (χ0n) is 15.0. The number of methoxy groups -OCH3 is 1. The van der Waals surface area contributed by atoms with Gasteiger partial charge in [-0.25, -0.2) is 4.79 Å². The Hall–Kier alpha value is -3.60. The highest BCUT2D eigenvalue weighted by atomic mass is 16.5. The van der Waals surface area contributed by atoms with Gasteiger partial charge in [0.25, 0.3) is 0 Å². The highest BCUT2D eigenvalue weighted by molar-refractivity contribution is 6.13. The number of para-hydroxylation sites is 1. The van der Waals surface area contributed by atoms with E-state index in [9.17, 15) is 9.90 Å². The molecule has 134 valence electrons. The lowest BCUT2D eigenvalue weighted by atomic mass is 10.0. The normalized spacial score (nSPS) is 10.9. The zero-order chi connectivity index (χ0) is 19.0. The van der Waals surface area contributed by atoms with Crippen molar-refractivity contribution in [2.75, 3.05) is 7.11 Å². The molecule has 0 aliphatic carbocycles. The van der Waals surface area contributed by atoms with Crippen molar-refractivity contribution in [2.24, 2.45) is 7.05 Å². The van der Waals surface area contributed by atoms with Gasteiger partial charge in [0.05, 0.1) is 23.4 Å². The maximum Gasteiger partial charge on any atom is 0.345 e. The predicted molar refractivity (Wildman–Crippen MR) is 102 cm³/mol. The van der Waals surface area contributed by atoms with Crippen LogP contribution in [0.3, 0.4) is 0 Å². The minimum atomic E-state index is -0.490. The van der Waals surface area contributed by atoms with Gasteiger partial charge < -0.3 is 14.6 Å². The van der Waals surface area contributed by atoms with Gasteiger partial charge in [-0.15, -0.1) is 0 Å². The van der Waals surface area contributed by atoms with E-state index >= 15 is 0 Å². The Morgan fingerprint density at radius 2 is 1.56 bits per heavy atom. The summed E-state index contributed by atoms with van der Waals surface area (Å²) in [6.45, 7) is 0. The molecule has 0 spiro atoms. The third-order valence-electron chi connectivity index (χ3n) is 4.60. The number of fused-ring (bicyclic) bond motifs is 2. The second-order valence-electron chi connectivity index (χ2n) is 6.22. The van der Waals surface area contributed by atoms with Crippen LogP contribution in [0.15, 0.2) is 66.7 Å². The molecule has 0 radical (unpaired) electrons. The molecular weight excluding hydrogens is 342 g/mol. The molecule has 0 saturated heterocycles. The van der Waals surface area contributed by atoms with Crippen molar-refractivity contribution in [2.45, 2.75) is 0 Å². The highest BCUT2D eigenvalue weighted by Crippen LogP contribution is 2.30. The number of esters is 1. The van der Waals surface area contributed by atoms with Crippen LogP contribution in [0, 0.1) is 0 Å². The fourth-order valence-electron chi connectivity index (χ4n) is 3.29. The molecule has 5 nitrogen and oxygen atoms in total. The standard InChI is InChI=1S/C22H17NO4/c1-23-19-10-8-14(24)12-17(19)21(18-13-16(26-2)9-11-20(18)23)22(25)27-15-6-4-3-5-7-15/h3-13H,1-2H3/p+1. The third kappa shape index (κ3) is 2.93. The van der Waals surface area contributed by atoms with Gasteiger partial charge in [0, 0.05) is 12.1 Å². The van der Waals surface area contributed by atoms with Gasteiger partial charge in [-0.05, 0) is 36.4 Å². The Labute approximate surface area is 156 Å². The van der Waals surface area contributed by atoms with Crippen LogP contribution in [0.25, 0.3) is 21.8 Å². The number of aromatic hydroxyl groups is 1. The molecular formula is C22H18NO4+. The van der Waals surface area contributed by atoms with Crippen LogP contribution < -0.4 is 14.0 Å². The third-order valence-corrected chi connectivity index (χ3v) is 4.60. The number of benzene rings is 3. The number of aryl methyl sites for hydroxylation is 1. The fourth-order valence-corrected chi connectivity index (χ4v) is 3.29. The summed E-state index contributed by atoms with van der Waals surface area (Å²) < 4.78 is 12.9. The molecule has 27 heavy (non-hydrogen) atoms. The second-order valence-corrected chi connectivity index (χ2v) is 6.22. The molecule has 0 saturated carbocycles. The van der Waals surface area contributed by atoms with Crippen LogP contribution in [0.4, 0.5) is 0 Å². The molecule has 0 unspecified atom stereocenters. The van der Waals surface area contributed by atoms with E-state index in [4.69, 9.17) is 9.47 Å². The molecule has 1 N–H and O–H groups in total. The molecule has 0 fully saturated rings. The zero-order valence-corrected chi connectivity index (χ0v) is 15.0. The first kappa shape index (κ1) is 16.8. The Bertz CT molecular complexity index is 1170. The van der Waals surface area contributed by atoms with E-state index < -0.39 is 5.97 Å². The number of rotatable bonds is 3. The van der Waals surface area contributed by atoms with E-state index in [-0.39, 0.29) is 5.75 Å². The van der Waals surface area contributed by atoms with Crippen molar-refractivity contribution in [3.63, 3.8) is 0 Å². The molecule has 1 aromatic heterocycles. The number of carbonyl (C=O) groups excluding carboxylic acids is 1. The second kappa shape index (κ2) is 6.61. The summed E-state index contributed by atoms with van der Waals surface area (Å²) in [6, 6.07) is 19.4. The predicted octanol–water partition coefficient (Wildman–Crippen LogP) is 3.75. The summed E-state index contributed by atoms with van der Waals surface area (Å²) in [4.78, 5) is 13.1. The SMILES string of the molecule is COc1ccc2c(c1)c(C(=O)Oc1ccccc1)c1cc(O)ccc1[n+]2C. The average molecular weight is 360 g/mol. The number of nitrogens with zero attached hydrogens (tertiary/aromatic N) is 1. The van der Waals surface area contributed by atoms with Crippen molar-refractivity contribution < 1.29 is 23.9 Å². The summed E-state index contributed by atoms with van der Waals surface area (Å²) in [5, 5.41) is 11.3. The number of carbonyl (C=O) groups is 1. The first-order valence-electron chi connectivity index (χ1n) is 8.48. The highest BCUT2D eigenvalue weighted by Gasteiger charge is 2.25. The number of aromatic nitrogens is 1. The topological polar surface area (TPSA) is 59.6 Å². The van der Waals surface area contributed by atoms with Gasteiger partial charge in [0.1, 0.15) is 24.3 Å².